The summed E-state index contributed by atoms with van der Waals surface area (Å²) in [6.45, 7) is -0.165. The van der Waals surface area contributed by atoms with E-state index in [2.05, 4.69) is 0 Å². The number of aromatic carboxylic acids is 1. The maximum Gasteiger partial charge on any atom is 0.335 e. The van der Waals surface area contributed by atoms with E-state index in [9.17, 15) is 23.5 Å². The Morgan fingerprint density at radius 1 is 1.06 bits per heavy atom. The van der Waals surface area contributed by atoms with E-state index >= 15 is 4.39 Å². The largest absolute Gasteiger partial charge is 0.478 e. The van der Waals surface area contributed by atoms with E-state index in [1.165, 1.54) is 33.4 Å². The van der Waals surface area contributed by atoms with Crippen LogP contribution in [-0.4, -0.2) is 39.2 Å². The number of alkyl halides is 2. The molecule has 2 heterocycles. The van der Waals surface area contributed by atoms with Gasteiger partial charge in [0.2, 0.25) is 0 Å². The molecule has 0 unspecified atom stereocenters. The van der Waals surface area contributed by atoms with E-state index in [1.807, 2.05) is 0 Å². The van der Waals surface area contributed by atoms with Crippen LogP contribution in [0.4, 0.5) is 18.9 Å². The van der Waals surface area contributed by atoms with Crippen molar-refractivity contribution in [1.29, 1.82) is 0 Å². The van der Waals surface area contributed by atoms with Crippen molar-refractivity contribution in [2.45, 2.75) is 18.9 Å². The highest BCUT2D eigenvalue weighted by molar-refractivity contribution is 6.31. The maximum atomic E-state index is 15.2. The van der Waals surface area contributed by atoms with E-state index in [-0.39, 0.29) is 47.7 Å². The average Bonchev–Trinajstić information content (AvgIpc) is 3.33. The number of halogens is 4. The van der Waals surface area contributed by atoms with Gasteiger partial charge in [0.05, 0.1) is 34.9 Å². The second kappa shape index (κ2) is 8.49. The van der Waals surface area contributed by atoms with Crippen LogP contribution < -0.4 is 10.6 Å². The van der Waals surface area contributed by atoms with Crippen LogP contribution in [0.1, 0.15) is 22.3 Å². The highest BCUT2D eigenvalue weighted by Crippen LogP contribution is 2.32. The van der Waals surface area contributed by atoms with Crippen molar-refractivity contribution in [2.75, 3.05) is 18.0 Å². The third-order valence-corrected chi connectivity index (χ3v) is 6.43. The number of nitrogens with zero attached hydrogens (tertiary/aromatic N) is 3. The van der Waals surface area contributed by atoms with Crippen molar-refractivity contribution >= 4 is 34.3 Å². The van der Waals surface area contributed by atoms with E-state index in [0.717, 1.165) is 0 Å². The summed E-state index contributed by atoms with van der Waals surface area (Å²) in [6, 6.07) is 15.4. The highest BCUT2D eigenvalue weighted by Gasteiger charge is 2.38. The monoisotopic (exact) mass is 501 g/mol. The molecule has 6 nitrogen and oxygen atoms in total. The third-order valence-electron chi connectivity index (χ3n) is 6.14. The van der Waals surface area contributed by atoms with Crippen molar-refractivity contribution in [2.24, 2.45) is 0 Å². The first-order valence-electron chi connectivity index (χ1n) is 10.8. The predicted molar refractivity (Wildman–Crippen MR) is 127 cm³/mol. The number of rotatable bonds is 5. The first kappa shape index (κ1) is 23.0. The molecule has 0 atom stereocenters. The molecule has 180 valence electrons. The van der Waals surface area contributed by atoms with E-state index in [1.54, 1.807) is 41.3 Å². The van der Waals surface area contributed by atoms with Gasteiger partial charge in [-0.1, -0.05) is 23.7 Å². The number of benzene rings is 3. The van der Waals surface area contributed by atoms with E-state index < -0.39 is 23.4 Å². The fourth-order valence-corrected chi connectivity index (χ4v) is 4.58. The zero-order chi connectivity index (χ0) is 24.9. The number of hydrogen-bond acceptors (Lipinski definition) is 3. The minimum atomic E-state index is -2.75. The molecule has 1 saturated heterocycles. The Balaban J connectivity index is 1.60. The standard InChI is InChI=1S/C25H19ClF3N3O3/c26-19-8-9-20-22(21(19)27)32(18-6-4-17(5-7-18)30-11-10-25(28,29)14-30)24(35)31(20)13-15-2-1-3-16(12-15)23(33)34/h1-9,12H,10-11,13-14H2,(H,33,34). The van der Waals surface area contributed by atoms with Gasteiger partial charge in [-0.25, -0.2) is 22.8 Å². The first-order chi connectivity index (χ1) is 16.6. The topological polar surface area (TPSA) is 67.5 Å². The first-order valence-corrected chi connectivity index (χ1v) is 11.2. The number of carboxylic acids is 1. The van der Waals surface area contributed by atoms with Crippen molar-refractivity contribution < 1.29 is 23.1 Å². The summed E-state index contributed by atoms with van der Waals surface area (Å²) in [6.07, 6.45) is -0.228. The lowest BCUT2D eigenvalue weighted by atomic mass is 10.1. The molecule has 0 saturated carbocycles. The van der Waals surface area contributed by atoms with Crippen molar-refractivity contribution in [3.05, 3.63) is 93.1 Å². The third kappa shape index (κ3) is 4.16. The lowest BCUT2D eigenvalue weighted by molar-refractivity contribution is 0.0257. The Morgan fingerprint density at radius 3 is 2.43 bits per heavy atom. The average molecular weight is 502 g/mol. The zero-order valence-corrected chi connectivity index (χ0v) is 19.0. The Bertz CT molecular complexity index is 1510. The Labute approximate surface area is 202 Å². The second-order valence-corrected chi connectivity index (χ2v) is 8.89. The molecular weight excluding hydrogens is 483 g/mol. The van der Waals surface area contributed by atoms with Crippen LogP contribution in [0.2, 0.25) is 5.02 Å². The summed E-state index contributed by atoms with van der Waals surface area (Å²) >= 11 is 6.02. The molecule has 4 aromatic rings. The Hall–Kier alpha value is -3.72. The smallest absolute Gasteiger partial charge is 0.335 e. The van der Waals surface area contributed by atoms with E-state index in [0.29, 0.717) is 16.9 Å². The molecule has 10 heteroatoms. The van der Waals surface area contributed by atoms with Crippen LogP contribution in [0.15, 0.2) is 65.5 Å². The summed E-state index contributed by atoms with van der Waals surface area (Å²) in [5.74, 6) is -4.63. The summed E-state index contributed by atoms with van der Waals surface area (Å²) in [5.41, 5.74) is 1.23. The normalized spacial score (nSPS) is 15.1. The van der Waals surface area contributed by atoms with Gasteiger partial charge in [0.25, 0.3) is 5.92 Å². The molecule has 0 aliphatic carbocycles. The number of fused-ring (bicyclic) bond motifs is 1. The van der Waals surface area contributed by atoms with Crippen molar-refractivity contribution in [1.82, 2.24) is 9.13 Å². The van der Waals surface area contributed by atoms with Gasteiger partial charge in [-0.3, -0.25) is 9.13 Å². The molecule has 0 radical (unpaired) electrons. The van der Waals surface area contributed by atoms with Gasteiger partial charge >= 0.3 is 11.7 Å². The van der Waals surface area contributed by atoms with Gasteiger partial charge in [0.1, 0.15) is 5.52 Å². The van der Waals surface area contributed by atoms with Crippen LogP contribution in [0.3, 0.4) is 0 Å². The van der Waals surface area contributed by atoms with Crippen LogP contribution >= 0.6 is 11.6 Å². The van der Waals surface area contributed by atoms with Crippen LogP contribution in [0.5, 0.6) is 0 Å². The summed E-state index contributed by atoms with van der Waals surface area (Å²) in [5, 5.41) is 9.11. The quantitative estimate of drug-likeness (QED) is 0.409. The number of carbonyl (C=O) groups is 1. The summed E-state index contributed by atoms with van der Waals surface area (Å²) in [7, 11) is 0. The summed E-state index contributed by atoms with van der Waals surface area (Å²) < 4.78 is 44.9. The molecule has 3 aromatic carbocycles. The van der Waals surface area contributed by atoms with Gasteiger partial charge in [-0.15, -0.1) is 0 Å². The molecule has 1 fully saturated rings. The molecule has 0 amide bonds. The Kier molecular flexibility index (Phi) is 5.59. The van der Waals surface area contributed by atoms with Crippen LogP contribution in [0, 0.1) is 5.82 Å². The van der Waals surface area contributed by atoms with Crippen LogP contribution in [0.25, 0.3) is 16.7 Å². The Morgan fingerprint density at radius 2 is 1.77 bits per heavy atom. The van der Waals surface area contributed by atoms with Gasteiger partial charge in [0, 0.05) is 18.7 Å². The molecule has 1 aromatic heterocycles. The lowest BCUT2D eigenvalue weighted by Crippen LogP contribution is -2.25. The number of aromatic nitrogens is 2. The molecule has 35 heavy (non-hydrogen) atoms. The molecule has 0 spiro atoms. The minimum absolute atomic E-state index is 0.00543. The molecule has 0 bridgehead atoms. The molecule has 1 N–H and O–H groups in total. The SMILES string of the molecule is O=C(O)c1cccc(Cn2c(=O)n(-c3ccc(N4CCC(F)(F)C4)cc3)c3c(F)c(Cl)ccc32)c1. The van der Waals surface area contributed by atoms with Gasteiger partial charge in [-0.05, 0) is 54.1 Å². The van der Waals surface area contributed by atoms with Gasteiger partial charge in [0.15, 0.2) is 5.82 Å². The number of hydrogen-bond donors (Lipinski definition) is 1. The lowest BCUT2D eigenvalue weighted by Gasteiger charge is -2.18. The fourth-order valence-electron chi connectivity index (χ4n) is 4.43. The zero-order valence-electron chi connectivity index (χ0n) is 18.2. The minimum Gasteiger partial charge on any atom is -0.478 e. The number of anilines is 1. The second-order valence-electron chi connectivity index (χ2n) is 8.48. The van der Waals surface area contributed by atoms with Crippen LogP contribution in [-0.2, 0) is 6.54 Å². The molecule has 1 aliphatic rings. The van der Waals surface area contributed by atoms with Crippen molar-refractivity contribution in [3.63, 3.8) is 0 Å². The fraction of sp³-hybridized carbons (Fsp3) is 0.200. The van der Waals surface area contributed by atoms with Crippen molar-refractivity contribution in [3.8, 4) is 5.69 Å². The van der Waals surface area contributed by atoms with Gasteiger partial charge < -0.3 is 10.0 Å². The number of carboxylic acid groups (broad SMARTS) is 1. The van der Waals surface area contributed by atoms with Gasteiger partial charge in [-0.2, -0.15) is 0 Å². The predicted octanol–water partition coefficient (Wildman–Crippen LogP) is 5.18. The maximum absolute atomic E-state index is 15.2. The van der Waals surface area contributed by atoms with E-state index in [4.69, 9.17) is 11.6 Å². The molecular formula is C25H19ClF3N3O3. The number of imidazole rings is 1. The highest BCUT2D eigenvalue weighted by atomic mass is 35.5. The summed E-state index contributed by atoms with van der Waals surface area (Å²) in [4.78, 5) is 26.4. The molecule has 5 rings (SSSR count). The molecule has 1 aliphatic heterocycles.